The highest BCUT2D eigenvalue weighted by Gasteiger charge is 2.13. The summed E-state index contributed by atoms with van der Waals surface area (Å²) in [5, 5.41) is 7.49. The van der Waals surface area contributed by atoms with E-state index in [0.717, 1.165) is 0 Å². The van der Waals surface area contributed by atoms with E-state index in [1.54, 1.807) is 6.92 Å². The number of hydrogen-bond donors (Lipinski definition) is 4. The maximum atomic E-state index is 11.3. The van der Waals surface area contributed by atoms with Gasteiger partial charge in [-0.1, -0.05) is 0 Å². The molecular weight excluding hydrogens is 224 g/mol. The predicted octanol–water partition coefficient (Wildman–Crippen LogP) is -0.926. The molecule has 1 atom stereocenters. The standard InChI is InChI=1S/C10H20N4O3/c1-6(2)13-8(15)4-5-12-7(3)9(16)14-10(11)17/h6-7,12H,4-5H2,1-3H3,(H,13,15)(H3,11,14,16,17). The zero-order chi connectivity index (χ0) is 13.4. The molecule has 0 aromatic heterocycles. The summed E-state index contributed by atoms with van der Waals surface area (Å²) in [6.45, 7) is 5.67. The number of carbonyl (C=O) groups is 3. The van der Waals surface area contributed by atoms with Crippen molar-refractivity contribution in [3.8, 4) is 0 Å². The Morgan fingerprint density at radius 3 is 2.24 bits per heavy atom. The van der Waals surface area contributed by atoms with Gasteiger partial charge in [-0.15, -0.1) is 0 Å². The number of nitrogens with one attached hydrogen (secondary N) is 3. The fourth-order valence-corrected chi connectivity index (χ4v) is 1.12. The molecule has 0 aromatic carbocycles. The Labute approximate surface area is 100 Å². The van der Waals surface area contributed by atoms with E-state index >= 15 is 0 Å². The molecule has 0 radical (unpaired) electrons. The highest BCUT2D eigenvalue weighted by molar-refractivity contribution is 5.96. The van der Waals surface area contributed by atoms with Gasteiger partial charge in [0.25, 0.3) is 0 Å². The third-order valence-electron chi connectivity index (χ3n) is 1.89. The summed E-state index contributed by atoms with van der Waals surface area (Å²) >= 11 is 0. The summed E-state index contributed by atoms with van der Waals surface area (Å²) in [6.07, 6.45) is 0.270. The Morgan fingerprint density at radius 1 is 1.18 bits per heavy atom. The van der Waals surface area contributed by atoms with Gasteiger partial charge < -0.3 is 16.4 Å². The summed E-state index contributed by atoms with van der Waals surface area (Å²) in [7, 11) is 0. The number of hydrogen-bond acceptors (Lipinski definition) is 4. The van der Waals surface area contributed by atoms with Gasteiger partial charge in [-0.3, -0.25) is 14.9 Å². The van der Waals surface area contributed by atoms with E-state index in [9.17, 15) is 14.4 Å². The minimum absolute atomic E-state index is 0.0880. The highest BCUT2D eigenvalue weighted by Crippen LogP contribution is 1.86. The van der Waals surface area contributed by atoms with Crippen LogP contribution in [0.1, 0.15) is 27.2 Å². The van der Waals surface area contributed by atoms with Crippen LogP contribution in [0.15, 0.2) is 0 Å². The molecule has 0 aliphatic heterocycles. The molecule has 0 aliphatic carbocycles. The molecule has 0 aromatic rings. The highest BCUT2D eigenvalue weighted by atomic mass is 16.2. The molecule has 7 heteroatoms. The van der Waals surface area contributed by atoms with Gasteiger partial charge in [-0.2, -0.15) is 0 Å². The van der Waals surface area contributed by atoms with Crippen molar-refractivity contribution in [2.45, 2.75) is 39.3 Å². The fourth-order valence-electron chi connectivity index (χ4n) is 1.12. The van der Waals surface area contributed by atoms with Crippen LogP contribution in [0.5, 0.6) is 0 Å². The molecule has 0 spiro atoms. The second-order valence-electron chi connectivity index (χ2n) is 4.00. The maximum absolute atomic E-state index is 11.3. The average Bonchev–Trinajstić information content (AvgIpc) is 2.14. The third-order valence-corrected chi connectivity index (χ3v) is 1.89. The second-order valence-corrected chi connectivity index (χ2v) is 4.00. The fraction of sp³-hybridized carbons (Fsp3) is 0.700. The van der Waals surface area contributed by atoms with E-state index in [4.69, 9.17) is 5.73 Å². The van der Waals surface area contributed by atoms with Crippen molar-refractivity contribution in [1.82, 2.24) is 16.0 Å². The number of carbonyl (C=O) groups excluding carboxylic acids is 3. The molecule has 5 N–H and O–H groups in total. The van der Waals surface area contributed by atoms with Crippen LogP contribution >= 0.6 is 0 Å². The lowest BCUT2D eigenvalue weighted by molar-refractivity contribution is -0.123. The first-order valence-electron chi connectivity index (χ1n) is 5.46. The van der Waals surface area contributed by atoms with E-state index in [0.29, 0.717) is 6.54 Å². The lowest BCUT2D eigenvalue weighted by Gasteiger charge is -2.13. The van der Waals surface area contributed by atoms with Gasteiger partial charge >= 0.3 is 6.03 Å². The Bertz CT molecular complexity index is 291. The van der Waals surface area contributed by atoms with Crippen LogP contribution in [-0.2, 0) is 9.59 Å². The Morgan fingerprint density at radius 2 is 1.76 bits per heavy atom. The van der Waals surface area contributed by atoms with Crippen LogP contribution < -0.4 is 21.7 Å². The molecule has 0 rings (SSSR count). The molecule has 0 fully saturated rings. The monoisotopic (exact) mass is 244 g/mol. The molecule has 7 nitrogen and oxygen atoms in total. The smallest absolute Gasteiger partial charge is 0.318 e. The minimum atomic E-state index is -0.888. The zero-order valence-electron chi connectivity index (χ0n) is 10.4. The lowest BCUT2D eigenvalue weighted by atomic mass is 10.3. The summed E-state index contributed by atoms with van der Waals surface area (Å²) in [5.74, 6) is -0.600. The van der Waals surface area contributed by atoms with Crippen LogP contribution in [0.3, 0.4) is 0 Å². The van der Waals surface area contributed by atoms with Gasteiger partial charge in [0.15, 0.2) is 0 Å². The van der Waals surface area contributed by atoms with Crippen molar-refractivity contribution < 1.29 is 14.4 Å². The Kier molecular flexibility index (Phi) is 6.88. The number of amides is 4. The number of primary amides is 1. The SMILES string of the molecule is CC(C)NC(=O)CCNC(C)C(=O)NC(N)=O. The first-order valence-corrected chi connectivity index (χ1v) is 5.46. The average molecular weight is 244 g/mol. The molecular formula is C10H20N4O3. The van der Waals surface area contributed by atoms with Gasteiger partial charge in [-0.25, -0.2) is 4.79 Å². The first kappa shape index (κ1) is 15.4. The third kappa shape index (κ3) is 8.21. The van der Waals surface area contributed by atoms with Gasteiger partial charge in [0.05, 0.1) is 6.04 Å². The number of nitrogens with two attached hydrogens (primary N) is 1. The topological polar surface area (TPSA) is 113 Å². The van der Waals surface area contributed by atoms with E-state index in [2.05, 4.69) is 10.6 Å². The lowest BCUT2D eigenvalue weighted by Crippen LogP contribution is -2.47. The Hall–Kier alpha value is -1.63. The summed E-state index contributed by atoms with van der Waals surface area (Å²) < 4.78 is 0. The van der Waals surface area contributed by atoms with Crippen LogP contribution in [0.4, 0.5) is 4.79 Å². The van der Waals surface area contributed by atoms with Crippen LogP contribution in [0.25, 0.3) is 0 Å². The van der Waals surface area contributed by atoms with Crippen molar-refractivity contribution in [2.75, 3.05) is 6.54 Å². The van der Waals surface area contributed by atoms with Gasteiger partial charge in [0, 0.05) is 19.0 Å². The molecule has 17 heavy (non-hydrogen) atoms. The Balaban J connectivity index is 3.77. The molecule has 0 saturated carbocycles. The van der Waals surface area contributed by atoms with Gasteiger partial charge in [0.2, 0.25) is 11.8 Å². The maximum Gasteiger partial charge on any atom is 0.318 e. The summed E-state index contributed by atoms with van der Waals surface area (Å²) in [4.78, 5) is 32.9. The van der Waals surface area contributed by atoms with E-state index in [1.807, 2.05) is 19.2 Å². The van der Waals surface area contributed by atoms with Crippen molar-refractivity contribution >= 4 is 17.8 Å². The van der Waals surface area contributed by atoms with E-state index in [-0.39, 0.29) is 18.4 Å². The molecule has 0 heterocycles. The molecule has 1 unspecified atom stereocenters. The van der Waals surface area contributed by atoms with Crippen LogP contribution in [0.2, 0.25) is 0 Å². The number of rotatable bonds is 6. The van der Waals surface area contributed by atoms with Crippen molar-refractivity contribution in [1.29, 1.82) is 0 Å². The molecule has 98 valence electrons. The molecule has 0 aliphatic rings. The second kappa shape index (κ2) is 7.61. The molecule has 0 saturated heterocycles. The first-order chi connectivity index (χ1) is 7.82. The number of imide groups is 1. The van der Waals surface area contributed by atoms with Crippen molar-refractivity contribution in [3.05, 3.63) is 0 Å². The number of urea groups is 1. The van der Waals surface area contributed by atoms with E-state index < -0.39 is 18.0 Å². The van der Waals surface area contributed by atoms with Crippen molar-refractivity contribution in [3.63, 3.8) is 0 Å². The summed E-state index contributed by atoms with van der Waals surface area (Å²) in [5.41, 5.74) is 4.80. The van der Waals surface area contributed by atoms with Crippen LogP contribution in [-0.4, -0.2) is 36.5 Å². The summed E-state index contributed by atoms with van der Waals surface area (Å²) in [6, 6.07) is -1.37. The quantitative estimate of drug-likeness (QED) is 0.483. The van der Waals surface area contributed by atoms with Crippen molar-refractivity contribution in [2.24, 2.45) is 5.73 Å². The predicted molar refractivity (Wildman–Crippen MR) is 63.1 cm³/mol. The molecule has 0 bridgehead atoms. The normalized spacial score (nSPS) is 12.0. The van der Waals surface area contributed by atoms with Crippen LogP contribution in [0, 0.1) is 0 Å². The zero-order valence-corrected chi connectivity index (χ0v) is 10.4. The molecule has 4 amide bonds. The van der Waals surface area contributed by atoms with Gasteiger partial charge in [-0.05, 0) is 20.8 Å². The minimum Gasteiger partial charge on any atom is -0.354 e. The van der Waals surface area contributed by atoms with E-state index in [1.165, 1.54) is 0 Å². The van der Waals surface area contributed by atoms with Gasteiger partial charge in [0.1, 0.15) is 0 Å². The largest absolute Gasteiger partial charge is 0.354 e.